The normalized spacial score (nSPS) is 11.9. The molecule has 0 spiro atoms. The number of hydrogen-bond donors (Lipinski definition) is 4. The Morgan fingerprint density at radius 2 is 1.70 bits per heavy atom. The molecule has 7 heteroatoms. The quantitative estimate of drug-likeness (QED) is 0.606. The van der Waals surface area contributed by atoms with Crippen molar-refractivity contribution in [2.24, 2.45) is 5.92 Å². The molecule has 0 unspecified atom stereocenters. The summed E-state index contributed by atoms with van der Waals surface area (Å²) in [7, 11) is 1.23. The van der Waals surface area contributed by atoms with E-state index in [2.05, 4.69) is 15.4 Å². The van der Waals surface area contributed by atoms with Crippen LogP contribution in [0.1, 0.15) is 31.4 Å². The smallest absolute Gasteiger partial charge is 0.407 e. The van der Waals surface area contributed by atoms with Crippen LogP contribution in [-0.4, -0.2) is 35.4 Å². The van der Waals surface area contributed by atoms with Gasteiger partial charge in [0, 0.05) is 5.69 Å². The van der Waals surface area contributed by atoms with Crippen molar-refractivity contribution in [2.45, 2.75) is 39.5 Å². The molecular weight excluding hydrogens is 300 g/mol. The summed E-state index contributed by atoms with van der Waals surface area (Å²) in [4.78, 5) is 23.8. The van der Waals surface area contributed by atoms with E-state index in [1.807, 2.05) is 13.8 Å². The van der Waals surface area contributed by atoms with E-state index >= 15 is 0 Å². The molecule has 0 saturated carbocycles. The second-order valence-corrected chi connectivity index (χ2v) is 5.66. The van der Waals surface area contributed by atoms with Crippen molar-refractivity contribution in [1.82, 2.24) is 5.32 Å². The molecule has 4 N–H and O–H groups in total. The molecule has 2 amide bonds. The van der Waals surface area contributed by atoms with Gasteiger partial charge in [-0.2, -0.15) is 0 Å². The molecule has 0 fully saturated rings. The van der Waals surface area contributed by atoms with Crippen LogP contribution in [0, 0.1) is 5.92 Å². The summed E-state index contributed by atoms with van der Waals surface area (Å²) in [5.41, 5.74) is 1.60. The summed E-state index contributed by atoms with van der Waals surface area (Å²) >= 11 is 0. The molecule has 23 heavy (non-hydrogen) atoms. The third kappa shape index (κ3) is 6.25. The van der Waals surface area contributed by atoms with Crippen molar-refractivity contribution in [3.05, 3.63) is 29.3 Å². The molecule has 1 rings (SSSR count). The molecule has 0 aliphatic rings. The fourth-order valence-electron chi connectivity index (χ4n) is 2.15. The lowest BCUT2D eigenvalue weighted by atomic mass is 10.0. The van der Waals surface area contributed by atoms with Gasteiger partial charge in [-0.05, 0) is 35.6 Å². The first kappa shape index (κ1) is 18.9. The third-order valence-electron chi connectivity index (χ3n) is 3.19. The second kappa shape index (κ2) is 9.12. The van der Waals surface area contributed by atoms with Gasteiger partial charge in [0.15, 0.2) is 0 Å². The summed E-state index contributed by atoms with van der Waals surface area (Å²) in [6.45, 7) is 3.48. The van der Waals surface area contributed by atoms with Gasteiger partial charge in [-0.3, -0.25) is 4.79 Å². The number of aliphatic hydroxyl groups is 2. The molecule has 0 heterocycles. The number of methoxy groups -OCH3 is 1. The van der Waals surface area contributed by atoms with E-state index in [4.69, 9.17) is 0 Å². The Morgan fingerprint density at radius 3 is 2.13 bits per heavy atom. The number of amides is 2. The van der Waals surface area contributed by atoms with Crippen LogP contribution in [-0.2, 0) is 22.7 Å². The SMILES string of the molecule is COC(=O)N[C@@H](CC(C)C)C(=O)Nc1cc(CO)cc(CO)c1. The molecule has 0 bridgehead atoms. The van der Waals surface area contributed by atoms with Gasteiger partial charge >= 0.3 is 6.09 Å². The lowest BCUT2D eigenvalue weighted by molar-refractivity contribution is -0.118. The summed E-state index contributed by atoms with van der Waals surface area (Å²) in [6.07, 6.45) is -0.223. The zero-order valence-electron chi connectivity index (χ0n) is 13.6. The molecule has 7 nitrogen and oxygen atoms in total. The maximum atomic E-state index is 12.4. The van der Waals surface area contributed by atoms with Gasteiger partial charge in [-0.25, -0.2) is 4.79 Å². The molecule has 0 saturated heterocycles. The number of aliphatic hydroxyl groups excluding tert-OH is 2. The highest BCUT2D eigenvalue weighted by Crippen LogP contribution is 2.17. The average molecular weight is 324 g/mol. The Labute approximate surface area is 135 Å². The van der Waals surface area contributed by atoms with Gasteiger partial charge in [0.1, 0.15) is 6.04 Å². The first-order valence-electron chi connectivity index (χ1n) is 7.39. The maximum absolute atomic E-state index is 12.4. The number of rotatable bonds is 7. The Morgan fingerprint density at radius 1 is 1.13 bits per heavy atom. The molecule has 0 aromatic heterocycles. The molecule has 1 aromatic carbocycles. The zero-order chi connectivity index (χ0) is 17.4. The highest BCUT2D eigenvalue weighted by atomic mass is 16.5. The summed E-state index contributed by atoms with van der Waals surface area (Å²) < 4.78 is 4.54. The standard InChI is InChI=1S/C16H24N2O5/c1-10(2)4-14(18-16(22)23-3)15(21)17-13-6-11(8-19)5-12(7-13)9-20/h5-7,10,14,19-20H,4,8-9H2,1-3H3,(H,17,21)(H,18,22)/t14-/m0/s1. The molecule has 1 atom stereocenters. The predicted molar refractivity (Wildman–Crippen MR) is 85.7 cm³/mol. The number of ether oxygens (including phenoxy) is 1. The molecule has 0 aliphatic carbocycles. The lowest BCUT2D eigenvalue weighted by Crippen LogP contribution is -2.44. The Bertz CT molecular complexity index is 523. The highest BCUT2D eigenvalue weighted by molar-refractivity contribution is 5.96. The van der Waals surface area contributed by atoms with Crippen LogP contribution in [0.15, 0.2) is 18.2 Å². The van der Waals surface area contributed by atoms with Crippen LogP contribution in [0.4, 0.5) is 10.5 Å². The van der Waals surface area contributed by atoms with Crippen LogP contribution < -0.4 is 10.6 Å². The third-order valence-corrected chi connectivity index (χ3v) is 3.19. The van der Waals surface area contributed by atoms with Crippen LogP contribution in [0.3, 0.4) is 0 Å². The van der Waals surface area contributed by atoms with Crippen LogP contribution in [0.25, 0.3) is 0 Å². The van der Waals surface area contributed by atoms with Gasteiger partial charge in [0.25, 0.3) is 0 Å². The topological polar surface area (TPSA) is 108 Å². The summed E-state index contributed by atoms with van der Waals surface area (Å²) in [5.74, 6) is -0.192. The number of anilines is 1. The lowest BCUT2D eigenvalue weighted by Gasteiger charge is -2.20. The first-order chi connectivity index (χ1) is 10.9. The Balaban J connectivity index is 2.90. The number of nitrogens with one attached hydrogen (secondary N) is 2. The number of benzene rings is 1. The van der Waals surface area contributed by atoms with Gasteiger partial charge in [0.05, 0.1) is 20.3 Å². The van der Waals surface area contributed by atoms with E-state index in [9.17, 15) is 19.8 Å². The van der Waals surface area contributed by atoms with Crippen molar-refractivity contribution in [1.29, 1.82) is 0 Å². The molecule has 0 radical (unpaired) electrons. The van der Waals surface area contributed by atoms with Crippen molar-refractivity contribution in [2.75, 3.05) is 12.4 Å². The Hall–Kier alpha value is -2.12. The van der Waals surface area contributed by atoms with Crippen LogP contribution in [0.2, 0.25) is 0 Å². The molecule has 1 aromatic rings. The van der Waals surface area contributed by atoms with E-state index in [0.29, 0.717) is 23.2 Å². The zero-order valence-corrected chi connectivity index (χ0v) is 13.6. The minimum Gasteiger partial charge on any atom is -0.453 e. The minimum absolute atomic E-state index is 0.194. The van der Waals surface area contributed by atoms with Crippen molar-refractivity contribution < 1.29 is 24.5 Å². The van der Waals surface area contributed by atoms with Crippen molar-refractivity contribution >= 4 is 17.7 Å². The molecule has 128 valence electrons. The van der Waals surface area contributed by atoms with Gasteiger partial charge < -0.3 is 25.6 Å². The largest absolute Gasteiger partial charge is 0.453 e. The Kier molecular flexibility index (Phi) is 7.50. The van der Waals surface area contributed by atoms with E-state index in [-0.39, 0.29) is 25.0 Å². The first-order valence-corrected chi connectivity index (χ1v) is 7.39. The van der Waals surface area contributed by atoms with E-state index in [1.165, 1.54) is 7.11 Å². The average Bonchev–Trinajstić information content (AvgIpc) is 2.52. The fraction of sp³-hybridized carbons (Fsp3) is 0.500. The van der Waals surface area contributed by atoms with E-state index in [1.54, 1.807) is 18.2 Å². The van der Waals surface area contributed by atoms with Gasteiger partial charge in [-0.1, -0.05) is 19.9 Å². The van der Waals surface area contributed by atoms with Crippen molar-refractivity contribution in [3.63, 3.8) is 0 Å². The summed E-state index contributed by atoms with van der Waals surface area (Å²) in [5, 5.41) is 23.7. The van der Waals surface area contributed by atoms with Crippen LogP contribution in [0.5, 0.6) is 0 Å². The van der Waals surface area contributed by atoms with E-state index < -0.39 is 12.1 Å². The van der Waals surface area contributed by atoms with E-state index in [0.717, 1.165) is 0 Å². The fourth-order valence-corrected chi connectivity index (χ4v) is 2.15. The minimum atomic E-state index is -0.738. The van der Waals surface area contributed by atoms with Gasteiger partial charge in [0.2, 0.25) is 5.91 Å². The van der Waals surface area contributed by atoms with Crippen LogP contribution >= 0.6 is 0 Å². The monoisotopic (exact) mass is 324 g/mol. The number of alkyl carbamates (subject to hydrolysis) is 1. The molecule has 0 aliphatic heterocycles. The van der Waals surface area contributed by atoms with Crippen molar-refractivity contribution in [3.8, 4) is 0 Å². The number of carbonyl (C=O) groups is 2. The molecular formula is C16H24N2O5. The second-order valence-electron chi connectivity index (χ2n) is 5.66. The number of hydrogen-bond acceptors (Lipinski definition) is 5. The number of carbonyl (C=O) groups excluding carboxylic acids is 2. The van der Waals surface area contributed by atoms with Gasteiger partial charge in [-0.15, -0.1) is 0 Å². The predicted octanol–water partition coefficient (Wildman–Crippen LogP) is 1.38. The highest BCUT2D eigenvalue weighted by Gasteiger charge is 2.22. The summed E-state index contributed by atoms with van der Waals surface area (Å²) in [6, 6.07) is 4.13. The maximum Gasteiger partial charge on any atom is 0.407 e.